The highest BCUT2D eigenvalue weighted by atomic mass is 14.0. The largest absolute Gasteiger partial charge is 0.0683 e. The average molecular weight is 365 g/mol. The molecule has 0 spiro atoms. The second-order valence-corrected chi connectivity index (χ2v) is 3.89. The highest BCUT2D eigenvalue weighted by Gasteiger charge is 1.95. The van der Waals surface area contributed by atoms with Gasteiger partial charge in [-0.1, -0.05) is 168 Å². The fraction of sp³-hybridized carbons (Fsp3) is 1.00. The lowest BCUT2D eigenvalue weighted by atomic mass is 10.0. The standard InChI is InChI=1S/2C4H8.C3H6.7C2H6/c2*1-2-4-3-1;1-2-3-1;7*1-2/h2*1-4H2;1-3H2;7*1-2H3. The van der Waals surface area contributed by atoms with Crippen molar-refractivity contribution in [1.29, 1.82) is 0 Å². The molecule has 0 unspecified atom stereocenters. The van der Waals surface area contributed by atoms with Gasteiger partial charge >= 0.3 is 0 Å². The van der Waals surface area contributed by atoms with Crippen LogP contribution in [0.4, 0.5) is 0 Å². The van der Waals surface area contributed by atoms with Gasteiger partial charge < -0.3 is 0 Å². The molecule has 0 atom stereocenters. The predicted octanol–water partition coefficient (Wildman–Crippen LogP) is 11.5. The molecule has 0 aromatic heterocycles. The van der Waals surface area contributed by atoms with Crippen LogP contribution < -0.4 is 0 Å². The van der Waals surface area contributed by atoms with Crippen molar-refractivity contribution in [3.05, 3.63) is 0 Å². The number of hydrogen-bond acceptors (Lipinski definition) is 0. The molecule has 164 valence electrons. The fourth-order valence-corrected chi connectivity index (χ4v) is 0.500. The van der Waals surface area contributed by atoms with Crippen molar-refractivity contribution in [3.8, 4) is 0 Å². The van der Waals surface area contributed by atoms with Crippen LogP contribution in [-0.4, -0.2) is 0 Å². The van der Waals surface area contributed by atoms with Crippen molar-refractivity contribution in [2.24, 2.45) is 0 Å². The summed E-state index contributed by atoms with van der Waals surface area (Å²) in [6, 6.07) is 0. The Morgan fingerprint density at radius 3 is 0.200 bits per heavy atom. The number of hydrogen-bond donors (Lipinski definition) is 0. The van der Waals surface area contributed by atoms with E-state index in [4.69, 9.17) is 0 Å². The minimum Gasteiger partial charge on any atom is -0.0683 e. The molecule has 0 amide bonds. The zero-order valence-electron chi connectivity index (χ0n) is 21.8. The lowest BCUT2D eigenvalue weighted by Crippen LogP contribution is -1.85. The maximum Gasteiger partial charge on any atom is -0.0533 e. The van der Waals surface area contributed by atoms with E-state index in [0.717, 1.165) is 0 Å². The molecule has 3 fully saturated rings. The van der Waals surface area contributed by atoms with Crippen molar-refractivity contribution >= 4 is 0 Å². The third kappa shape index (κ3) is 143. The zero-order chi connectivity index (χ0) is 21.8. The van der Waals surface area contributed by atoms with Crippen molar-refractivity contribution in [3.63, 3.8) is 0 Å². The van der Waals surface area contributed by atoms with Crippen LogP contribution in [0, 0.1) is 0 Å². The Bertz CT molecular complexity index is 47.4. The Morgan fingerprint density at radius 2 is 0.200 bits per heavy atom. The van der Waals surface area contributed by atoms with E-state index in [2.05, 4.69) is 0 Å². The smallest absolute Gasteiger partial charge is 0.0533 e. The van der Waals surface area contributed by atoms with Crippen LogP contribution in [0.5, 0.6) is 0 Å². The quantitative estimate of drug-likeness (QED) is 0.400. The normalized spacial score (nSPS) is 12.2. The summed E-state index contributed by atoms with van der Waals surface area (Å²) < 4.78 is 0. The molecule has 25 heavy (non-hydrogen) atoms. The van der Waals surface area contributed by atoms with E-state index in [1.165, 1.54) is 70.6 Å². The summed E-state index contributed by atoms with van der Waals surface area (Å²) in [5.74, 6) is 0. The van der Waals surface area contributed by atoms with Gasteiger partial charge in [0.15, 0.2) is 0 Å². The van der Waals surface area contributed by atoms with Gasteiger partial charge in [-0.25, -0.2) is 0 Å². The second kappa shape index (κ2) is 105. The van der Waals surface area contributed by atoms with Gasteiger partial charge in [0.2, 0.25) is 0 Å². The van der Waals surface area contributed by atoms with Crippen LogP contribution in [0.15, 0.2) is 0 Å². The molecule has 0 saturated heterocycles. The van der Waals surface area contributed by atoms with Crippen molar-refractivity contribution in [2.45, 2.75) is 168 Å². The maximum absolute atomic E-state index is 2.00. The van der Waals surface area contributed by atoms with Gasteiger partial charge in [0.25, 0.3) is 0 Å². The lowest BCUT2D eigenvalue weighted by molar-refractivity contribution is 0.504. The van der Waals surface area contributed by atoms with E-state index in [0.29, 0.717) is 0 Å². The van der Waals surface area contributed by atoms with E-state index in [-0.39, 0.29) is 0 Å². The van der Waals surface area contributed by atoms with Crippen molar-refractivity contribution < 1.29 is 0 Å². The molecule has 0 heterocycles. The zero-order valence-corrected chi connectivity index (χ0v) is 21.8. The van der Waals surface area contributed by atoms with Gasteiger partial charge in [-0.3, -0.25) is 0 Å². The fourth-order valence-electron chi connectivity index (χ4n) is 0.500. The topological polar surface area (TPSA) is 0 Å². The Balaban J connectivity index is -0.0000000296. The Kier molecular flexibility index (Phi) is 187. The third-order valence-corrected chi connectivity index (χ3v) is 2.35. The highest BCUT2D eigenvalue weighted by molar-refractivity contribution is 4.51. The van der Waals surface area contributed by atoms with Crippen LogP contribution >= 0.6 is 0 Å². The van der Waals surface area contributed by atoms with Gasteiger partial charge in [0.1, 0.15) is 0 Å². The van der Waals surface area contributed by atoms with E-state index < -0.39 is 0 Å². The van der Waals surface area contributed by atoms with Gasteiger partial charge in [-0.2, -0.15) is 0 Å². The maximum atomic E-state index is 2.00. The molecular weight excluding hydrogens is 300 g/mol. The number of rotatable bonds is 0. The molecule has 3 rings (SSSR count). The molecule has 3 saturated carbocycles. The SMILES string of the molecule is C1CC1.C1CCC1.C1CCC1.CC.CC.CC.CC.CC.CC.CC. The molecule has 0 aromatic rings. The molecule has 0 bridgehead atoms. The first-order valence-corrected chi connectivity index (χ1v) is 12.5. The first-order chi connectivity index (χ1) is 12.5. The molecule has 0 radical (unpaired) electrons. The molecule has 3 aliphatic carbocycles. The van der Waals surface area contributed by atoms with Gasteiger partial charge in [0, 0.05) is 0 Å². The molecule has 0 N–H and O–H groups in total. The van der Waals surface area contributed by atoms with E-state index in [1.807, 2.05) is 96.9 Å². The summed E-state index contributed by atoms with van der Waals surface area (Å²) in [5.41, 5.74) is 0. The van der Waals surface area contributed by atoms with Gasteiger partial charge in [0.05, 0.1) is 0 Å². The van der Waals surface area contributed by atoms with Gasteiger partial charge in [-0.15, -0.1) is 0 Å². The van der Waals surface area contributed by atoms with Crippen molar-refractivity contribution in [2.75, 3.05) is 0 Å². The summed E-state index contributed by atoms with van der Waals surface area (Å²) >= 11 is 0. The summed E-state index contributed by atoms with van der Waals surface area (Å²) in [6.07, 6.45) is 16.5. The van der Waals surface area contributed by atoms with Crippen LogP contribution in [0.1, 0.15) is 168 Å². The summed E-state index contributed by atoms with van der Waals surface area (Å²) in [5, 5.41) is 0. The van der Waals surface area contributed by atoms with Crippen LogP contribution in [0.3, 0.4) is 0 Å². The van der Waals surface area contributed by atoms with Crippen LogP contribution in [0.2, 0.25) is 0 Å². The molecule has 0 aromatic carbocycles. The highest BCUT2D eigenvalue weighted by Crippen LogP contribution is 2.15. The first-order valence-electron chi connectivity index (χ1n) is 12.5. The molecule has 0 nitrogen and oxygen atoms in total. The Labute approximate surface area is 168 Å². The van der Waals surface area contributed by atoms with Crippen LogP contribution in [0.25, 0.3) is 0 Å². The minimum absolute atomic E-state index is 1.50. The molecule has 0 heteroatoms. The second-order valence-electron chi connectivity index (χ2n) is 3.89. The monoisotopic (exact) mass is 365 g/mol. The average Bonchev–Trinajstić information content (AvgIpc) is 3.53. The van der Waals surface area contributed by atoms with Gasteiger partial charge in [-0.05, 0) is 0 Å². The molecule has 3 aliphatic rings. The summed E-state index contributed by atoms with van der Waals surface area (Å²) in [6.45, 7) is 28.0. The molecular formula is C25H64. The predicted molar refractivity (Wildman–Crippen MR) is 130 cm³/mol. The summed E-state index contributed by atoms with van der Waals surface area (Å²) in [4.78, 5) is 0. The van der Waals surface area contributed by atoms with Crippen LogP contribution in [-0.2, 0) is 0 Å². The first kappa shape index (κ1) is 44.4. The Hall–Kier alpha value is 0. The lowest BCUT2D eigenvalue weighted by Gasteiger charge is -2.05. The molecule has 0 aliphatic heterocycles. The minimum atomic E-state index is 1.50. The van der Waals surface area contributed by atoms with E-state index in [9.17, 15) is 0 Å². The Morgan fingerprint density at radius 1 is 0.160 bits per heavy atom. The van der Waals surface area contributed by atoms with E-state index in [1.54, 1.807) is 0 Å². The summed E-state index contributed by atoms with van der Waals surface area (Å²) in [7, 11) is 0. The van der Waals surface area contributed by atoms with E-state index >= 15 is 0 Å². The third-order valence-electron chi connectivity index (χ3n) is 2.35. The van der Waals surface area contributed by atoms with Crippen molar-refractivity contribution in [1.82, 2.24) is 0 Å².